The lowest BCUT2D eigenvalue weighted by Gasteiger charge is -2.18. The van der Waals surface area contributed by atoms with Gasteiger partial charge in [-0.05, 0) is 109 Å². The zero-order chi connectivity index (χ0) is 35.2. The van der Waals surface area contributed by atoms with E-state index in [4.69, 9.17) is 14.8 Å². The molecule has 0 fully saturated rings. The minimum atomic E-state index is 0.266. The van der Waals surface area contributed by atoms with E-state index in [1.54, 1.807) is 0 Å². The van der Waals surface area contributed by atoms with Gasteiger partial charge in [-0.25, -0.2) is 9.67 Å². The normalized spacial score (nSPS) is 12.7. The van der Waals surface area contributed by atoms with E-state index in [2.05, 4.69) is 145 Å². The van der Waals surface area contributed by atoms with Gasteiger partial charge in [-0.2, -0.15) is 5.10 Å². The van der Waals surface area contributed by atoms with Crippen LogP contribution >= 0.6 is 0 Å². The average molecular weight is 661 g/mol. The summed E-state index contributed by atoms with van der Waals surface area (Å²) in [6.07, 6.45) is 4.08. The quantitative estimate of drug-likeness (QED) is 0.155. The van der Waals surface area contributed by atoms with Crippen molar-refractivity contribution in [2.75, 3.05) is 0 Å². The minimum Gasteiger partial charge on any atom is -0.457 e. The number of ether oxygens (including phenoxy) is 1. The molecule has 0 N–H and O–H groups in total. The highest BCUT2D eigenvalue weighted by Crippen LogP contribution is 2.38. The number of fused-ring (bicyclic) bond motifs is 3. The van der Waals surface area contributed by atoms with Crippen molar-refractivity contribution in [3.05, 3.63) is 132 Å². The second-order valence-electron chi connectivity index (χ2n) is 15.3. The van der Waals surface area contributed by atoms with E-state index < -0.39 is 0 Å². The average Bonchev–Trinajstić information content (AvgIpc) is 3.59. The van der Waals surface area contributed by atoms with Crippen LogP contribution in [0.25, 0.3) is 44.4 Å². The fraction of sp³-hybridized carbons (Fsp3) is 0.289. The molecule has 0 aliphatic heterocycles. The molecule has 7 aromatic rings. The van der Waals surface area contributed by atoms with Crippen molar-refractivity contribution in [3.63, 3.8) is 0 Å². The molecule has 0 aliphatic rings. The van der Waals surface area contributed by atoms with Crippen LogP contribution in [-0.2, 0) is 6.42 Å². The van der Waals surface area contributed by atoms with Gasteiger partial charge in [-0.3, -0.25) is 4.57 Å². The number of nitrogens with zero attached hydrogens (tertiary/aromatic N) is 4. The van der Waals surface area contributed by atoms with Crippen molar-refractivity contribution < 1.29 is 4.74 Å². The Morgan fingerprint density at radius 3 is 2.28 bits per heavy atom. The topological polar surface area (TPSA) is 44.9 Å². The van der Waals surface area contributed by atoms with Crippen molar-refractivity contribution in [2.24, 2.45) is 11.3 Å². The molecule has 0 saturated heterocycles. The largest absolute Gasteiger partial charge is 0.457 e. The molecule has 4 aromatic carbocycles. The summed E-state index contributed by atoms with van der Waals surface area (Å²) in [4.78, 5) is 4.92. The van der Waals surface area contributed by atoms with Crippen LogP contribution in [0, 0.1) is 25.2 Å². The minimum absolute atomic E-state index is 0.266. The molecule has 5 heteroatoms. The lowest BCUT2D eigenvalue weighted by molar-refractivity contribution is 0.378. The number of hydrogen-bond acceptors (Lipinski definition) is 3. The van der Waals surface area contributed by atoms with E-state index in [0.717, 1.165) is 63.8 Å². The Morgan fingerprint density at radius 1 is 0.740 bits per heavy atom. The standard InChI is InChI=1S/C45H48N4O/c1-29(2)30(3)35-17-20-41-40(26-35)39-19-18-38(28-42(39)48(41)43-25-33(22-24-46-43)21-23-45(6,7)8)50-37-16-12-15-36(27-37)49-32(5)44(31(4)47-49)34-13-10-9-11-14-34/h9-20,22,24-30H,21,23H2,1-8H3. The number of benzene rings is 4. The molecule has 0 amide bonds. The summed E-state index contributed by atoms with van der Waals surface area (Å²) in [6.45, 7) is 18.0. The van der Waals surface area contributed by atoms with Gasteiger partial charge in [0, 0.05) is 40.4 Å². The SMILES string of the molecule is Cc1nn(-c2cccc(Oc3ccc4c5cc(C(C)C(C)C)ccc5n(-c5cc(CCC(C)(C)C)ccn5)c4c3)c2)c(C)c1-c1ccccc1. The molecule has 0 bridgehead atoms. The number of pyridine rings is 1. The highest BCUT2D eigenvalue weighted by molar-refractivity contribution is 6.09. The Bertz CT molecular complexity index is 2300. The third-order valence-electron chi connectivity index (χ3n) is 10.1. The zero-order valence-corrected chi connectivity index (χ0v) is 30.7. The fourth-order valence-electron chi connectivity index (χ4n) is 6.99. The van der Waals surface area contributed by atoms with Crippen LogP contribution in [0.5, 0.6) is 11.5 Å². The van der Waals surface area contributed by atoms with Gasteiger partial charge in [0.15, 0.2) is 0 Å². The molecule has 50 heavy (non-hydrogen) atoms. The first-order valence-electron chi connectivity index (χ1n) is 17.9. The van der Waals surface area contributed by atoms with E-state index >= 15 is 0 Å². The summed E-state index contributed by atoms with van der Waals surface area (Å²) in [6, 6.07) is 36.4. The van der Waals surface area contributed by atoms with E-state index in [1.807, 2.05) is 29.1 Å². The Labute approximate surface area is 296 Å². The fourth-order valence-corrected chi connectivity index (χ4v) is 6.99. The molecule has 3 heterocycles. The number of aromatic nitrogens is 4. The Kier molecular flexibility index (Phi) is 8.86. The maximum absolute atomic E-state index is 6.62. The number of rotatable bonds is 9. The Balaban J connectivity index is 1.30. The van der Waals surface area contributed by atoms with Gasteiger partial charge in [0.05, 0.1) is 22.4 Å². The van der Waals surface area contributed by atoms with Crippen molar-refractivity contribution in [1.82, 2.24) is 19.3 Å². The van der Waals surface area contributed by atoms with Gasteiger partial charge in [-0.15, -0.1) is 0 Å². The van der Waals surface area contributed by atoms with Crippen LogP contribution in [-0.4, -0.2) is 19.3 Å². The van der Waals surface area contributed by atoms with Crippen LogP contribution in [0.15, 0.2) is 109 Å². The van der Waals surface area contributed by atoms with E-state index in [-0.39, 0.29) is 5.41 Å². The smallest absolute Gasteiger partial charge is 0.137 e. The molecule has 3 aromatic heterocycles. The molecule has 254 valence electrons. The summed E-state index contributed by atoms with van der Waals surface area (Å²) >= 11 is 0. The molecule has 0 spiro atoms. The van der Waals surface area contributed by atoms with Crippen molar-refractivity contribution in [2.45, 2.75) is 74.1 Å². The summed E-state index contributed by atoms with van der Waals surface area (Å²) in [7, 11) is 0. The second kappa shape index (κ2) is 13.3. The van der Waals surface area contributed by atoms with Crippen molar-refractivity contribution in [1.29, 1.82) is 0 Å². The van der Waals surface area contributed by atoms with Crippen molar-refractivity contribution >= 4 is 21.8 Å². The van der Waals surface area contributed by atoms with Gasteiger partial charge in [0.1, 0.15) is 17.3 Å². The summed E-state index contributed by atoms with van der Waals surface area (Å²) in [5, 5.41) is 7.36. The van der Waals surface area contributed by atoms with Crippen LogP contribution < -0.4 is 4.74 Å². The summed E-state index contributed by atoms with van der Waals surface area (Å²) < 4.78 is 10.9. The summed E-state index contributed by atoms with van der Waals surface area (Å²) in [5.41, 5.74) is 10.5. The predicted molar refractivity (Wildman–Crippen MR) is 208 cm³/mol. The lowest BCUT2D eigenvalue weighted by atomic mass is 9.89. The predicted octanol–water partition coefficient (Wildman–Crippen LogP) is 12.2. The highest BCUT2D eigenvalue weighted by atomic mass is 16.5. The Morgan fingerprint density at radius 2 is 1.52 bits per heavy atom. The first-order valence-corrected chi connectivity index (χ1v) is 17.9. The zero-order valence-electron chi connectivity index (χ0n) is 30.7. The molecule has 0 saturated carbocycles. The van der Waals surface area contributed by atoms with Gasteiger partial charge in [0.25, 0.3) is 0 Å². The molecule has 0 aliphatic carbocycles. The first kappa shape index (κ1) is 33.3. The highest BCUT2D eigenvalue weighted by Gasteiger charge is 2.19. The van der Waals surface area contributed by atoms with Crippen LogP contribution in [0.3, 0.4) is 0 Å². The third kappa shape index (κ3) is 6.57. The molecule has 5 nitrogen and oxygen atoms in total. The monoisotopic (exact) mass is 660 g/mol. The van der Waals surface area contributed by atoms with Crippen LogP contribution in [0.2, 0.25) is 0 Å². The van der Waals surface area contributed by atoms with E-state index in [9.17, 15) is 0 Å². The third-order valence-corrected chi connectivity index (χ3v) is 10.1. The van der Waals surface area contributed by atoms with Gasteiger partial charge in [0.2, 0.25) is 0 Å². The molecular weight excluding hydrogens is 613 g/mol. The molecule has 1 unspecified atom stereocenters. The maximum atomic E-state index is 6.62. The Hall–Kier alpha value is -5.16. The van der Waals surface area contributed by atoms with E-state index in [0.29, 0.717) is 11.8 Å². The molecule has 7 rings (SSSR count). The van der Waals surface area contributed by atoms with E-state index in [1.165, 1.54) is 27.5 Å². The molecule has 0 radical (unpaired) electrons. The van der Waals surface area contributed by atoms with Gasteiger partial charge < -0.3 is 4.74 Å². The first-order chi connectivity index (χ1) is 24.0. The van der Waals surface area contributed by atoms with Crippen LogP contribution in [0.4, 0.5) is 0 Å². The van der Waals surface area contributed by atoms with Gasteiger partial charge in [-0.1, -0.05) is 84.0 Å². The maximum Gasteiger partial charge on any atom is 0.137 e. The lowest BCUT2D eigenvalue weighted by Crippen LogP contribution is -2.07. The second-order valence-corrected chi connectivity index (χ2v) is 15.3. The van der Waals surface area contributed by atoms with Gasteiger partial charge >= 0.3 is 0 Å². The molecular formula is C45H48N4O. The summed E-state index contributed by atoms with van der Waals surface area (Å²) in [5.74, 6) is 3.47. The molecule has 1 atom stereocenters. The van der Waals surface area contributed by atoms with Crippen LogP contribution in [0.1, 0.15) is 76.4 Å². The number of aryl methyl sites for hydroxylation is 2. The van der Waals surface area contributed by atoms with Crippen molar-refractivity contribution in [3.8, 4) is 34.1 Å². The number of hydrogen-bond donors (Lipinski definition) is 0.